The van der Waals surface area contributed by atoms with Crippen molar-refractivity contribution in [3.8, 4) is 11.5 Å². The molecular weight excluding hydrogens is 338 g/mol. The van der Waals surface area contributed by atoms with Gasteiger partial charge in [-0.05, 0) is 48.5 Å². The molecule has 25 heavy (non-hydrogen) atoms. The molecule has 0 unspecified atom stereocenters. The van der Waals surface area contributed by atoms with Gasteiger partial charge in [0.05, 0.1) is 5.39 Å². The van der Waals surface area contributed by atoms with Gasteiger partial charge in [-0.2, -0.15) is 9.97 Å². The third-order valence-corrected chi connectivity index (χ3v) is 3.82. The number of aromatic amines is 1. The number of nitrogen functional groups attached to an aromatic ring is 1. The summed E-state index contributed by atoms with van der Waals surface area (Å²) in [5, 5.41) is 4.75. The predicted molar refractivity (Wildman–Crippen MR) is 99.6 cm³/mol. The van der Waals surface area contributed by atoms with Crippen LogP contribution in [-0.2, 0) is 0 Å². The third-order valence-electron chi connectivity index (χ3n) is 3.58. The van der Waals surface area contributed by atoms with E-state index >= 15 is 0 Å². The van der Waals surface area contributed by atoms with E-state index in [1.54, 1.807) is 18.3 Å². The topological polar surface area (TPSA) is 88.9 Å². The number of rotatable bonds is 4. The van der Waals surface area contributed by atoms with Gasteiger partial charge in [-0.1, -0.05) is 17.7 Å². The first kappa shape index (κ1) is 15.3. The Kier molecular flexibility index (Phi) is 3.87. The lowest BCUT2D eigenvalue weighted by Gasteiger charge is -2.09. The summed E-state index contributed by atoms with van der Waals surface area (Å²) in [5.41, 5.74) is 7.30. The average Bonchev–Trinajstić information content (AvgIpc) is 3.05. The molecule has 4 N–H and O–H groups in total. The lowest BCUT2D eigenvalue weighted by atomic mass is 10.3. The van der Waals surface area contributed by atoms with Gasteiger partial charge in [0.15, 0.2) is 0 Å². The summed E-state index contributed by atoms with van der Waals surface area (Å²) in [5.74, 6) is 2.25. The maximum atomic E-state index is 5.96. The van der Waals surface area contributed by atoms with E-state index in [2.05, 4.69) is 20.3 Å². The Balaban J connectivity index is 1.55. The molecule has 2 aromatic carbocycles. The molecule has 0 fully saturated rings. The van der Waals surface area contributed by atoms with Crippen molar-refractivity contribution < 1.29 is 4.74 Å². The molecule has 7 heteroatoms. The molecule has 124 valence electrons. The van der Waals surface area contributed by atoms with Crippen molar-refractivity contribution in [3.05, 3.63) is 65.8 Å². The zero-order chi connectivity index (χ0) is 17.2. The summed E-state index contributed by atoms with van der Waals surface area (Å²) in [4.78, 5) is 11.4. The molecule has 0 aliphatic rings. The van der Waals surface area contributed by atoms with Crippen LogP contribution >= 0.6 is 11.6 Å². The van der Waals surface area contributed by atoms with E-state index < -0.39 is 0 Å². The van der Waals surface area contributed by atoms with Crippen molar-refractivity contribution in [3.63, 3.8) is 0 Å². The van der Waals surface area contributed by atoms with Crippen LogP contribution in [0, 0.1) is 0 Å². The monoisotopic (exact) mass is 351 g/mol. The summed E-state index contributed by atoms with van der Waals surface area (Å²) in [6.07, 6.45) is 1.80. The lowest BCUT2D eigenvalue weighted by Crippen LogP contribution is -2.00. The Bertz CT molecular complexity index is 1030. The van der Waals surface area contributed by atoms with E-state index in [-0.39, 0.29) is 5.95 Å². The number of anilines is 3. The Morgan fingerprint density at radius 1 is 1.00 bits per heavy atom. The van der Waals surface area contributed by atoms with E-state index in [9.17, 15) is 0 Å². The van der Waals surface area contributed by atoms with Crippen LogP contribution in [0.4, 0.5) is 17.5 Å². The predicted octanol–water partition coefficient (Wildman–Crippen LogP) is 4.73. The Labute approximate surface area is 148 Å². The number of nitrogens with zero attached hydrogens (tertiary/aromatic N) is 2. The quantitative estimate of drug-likeness (QED) is 0.494. The van der Waals surface area contributed by atoms with Crippen LogP contribution in [0.5, 0.6) is 11.5 Å². The first-order chi connectivity index (χ1) is 12.2. The van der Waals surface area contributed by atoms with Crippen molar-refractivity contribution in [2.45, 2.75) is 0 Å². The molecule has 4 rings (SSSR count). The molecule has 0 amide bonds. The number of aromatic nitrogens is 3. The minimum atomic E-state index is 0.207. The van der Waals surface area contributed by atoms with E-state index in [1.165, 1.54) is 0 Å². The van der Waals surface area contributed by atoms with Gasteiger partial charge in [0.1, 0.15) is 23.0 Å². The maximum Gasteiger partial charge on any atom is 0.224 e. The largest absolute Gasteiger partial charge is 0.457 e. The van der Waals surface area contributed by atoms with Gasteiger partial charge in [-0.3, -0.25) is 0 Å². The number of hydrogen-bond acceptors (Lipinski definition) is 5. The average molecular weight is 352 g/mol. The number of hydrogen-bond donors (Lipinski definition) is 3. The van der Waals surface area contributed by atoms with Gasteiger partial charge in [-0.15, -0.1) is 0 Å². The molecule has 0 saturated carbocycles. The van der Waals surface area contributed by atoms with E-state index in [1.807, 2.05) is 42.5 Å². The maximum absolute atomic E-state index is 5.96. The van der Waals surface area contributed by atoms with E-state index in [0.29, 0.717) is 28.0 Å². The molecular formula is C18H14ClN5O. The van der Waals surface area contributed by atoms with Gasteiger partial charge in [0.25, 0.3) is 0 Å². The Morgan fingerprint density at radius 2 is 1.84 bits per heavy atom. The first-order valence-electron chi connectivity index (χ1n) is 7.58. The SMILES string of the molecule is Nc1nc(Nc2ccc(Oc3cccc(Cl)c3)cc2)c2cc[nH]c2n1. The number of H-pyrrole nitrogens is 1. The smallest absolute Gasteiger partial charge is 0.224 e. The number of nitrogens with one attached hydrogen (secondary N) is 2. The number of benzene rings is 2. The van der Waals surface area contributed by atoms with Crippen molar-refractivity contribution in [2.24, 2.45) is 0 Å². The molecule has 4 aromatic rings. The molecule has 0 bridgehead atoms. The molecule has 2 heterocycles. The second kappa shape index (κ2) is 6.33. The third kappa shape index (κ3) is 3.34. The number of ether oxygens (including phenoxy) is 1. The zero-order valence-corrected chi connectivity index (χ0v) is 13.8. The van der Waals surface area contributed by atoms with Gasteiger partial charge in [0.2, 0.25) is 5.95 Å². The lowest BCUT2D eigenvalue weighted by molar-refractivity contribution is 0.483. The minimum absolute atomic E-state index is 0.207. The highest BCUT2D eigenvalue weighted by molar-refractivity contribution is 6.30. The molecule has 0 spiro atoms. The van der Waals surface area contributed by atoms with Crippen LogP contribution in [-0.4, -0.2) is 15.0 Å². The molecule has 0 saturated heterocycles. The zero-order valence-electron chi connectivity index (χ0n) is 13.0. The van der Waals surface area contributed by atoms with Crippen LogP contribution in [0.1, 0.15) is 0 Å². The highest BCUT2D eigenvalue weighted by Crippen LogP contribution is 2.27. The summed E-state index contributed by atoms with van der Waals surface area (Å²) < 4.78 is 5.78. The van der Waals surface area contributed by atoms with Gasteiger partial charge in [-0.25, -0.2) is 0 Å². The van der Waals surface area contributed by atoms with Crippen LogP contribution in [0.25, 0.3) is 11.0 Å². The number of fused-ring (bicyclic) bond motifs is 1. The number of nitrogens with two attached hydrogens (primary N) is 1. The van der Waals surface area contributed by atoms with Crippen LogP contribution in [0.2, 0.25) is 5.02 Å². The van der Waals surface area contributed by atoms with Crippen molar-refractivity contribution in [1.82, 2.24) is 15.0 Å². The van der Waals surface area contributed by atoms with E-state index in [0.717, 1.165) is 11.1 Å². The van der Waals surface area contributed by atoms with Crippen molar-refractivity contribution in [2.75, 3.05) is 11.1 Å². The molecule has 0 aliphatic heterocycles. The minimum Gasteiger partial charge on any atom is -0.457 e. The molecule has 6 nitrogen and oxygen atoms in total. The van der Waals surface area contributed by atoms with Crippen LogP contribution < -0.4 is 15.8 Å². The van der Waals surface area contributed by atoms with Crippen molar-refractivity contribution >= 4 is 40.1 Å². The first-order valence-corrected chi connectivity index (χ1v) is 7.96. The Hall–Kier alpha value is -3.25. The van der Waals surface area contributed by atoms with Crippen LogP contribution in [0.15, 0.2) is 60.8 Å². The second-order valence-electron chi connectivity index (χ2n) is 5.38. The van der Waals surface area contributed by atoms with Gasteiger partial charge < -0.3 is 20.8 Å². The van der Waals surface area contributed by atoms with Crippen molar-refractivity contribution in [1.29, 1.82) is 0 Å². The highest BCUT2D eigenvalue weighted by atomic mass is 35.5. The second-order valence-corrected chi connectivity index (χ2v) is 5.82. The normalized spacial score (nSPS) is 10.8. The molecule has 0 radical (unpaired) electrons. The summed E-state index contributed by atoms with van der Waals surface area (Å²) in [6.45, 7) is 0. The fraction of sp³-hybridized carbons (Fsp3) is 0. The Morgan fingerprint density at radius 3 is 2.64 bits per heavy atom. The fourth-order valence-electron chi connectivity index (χ4n) is 2.46. The summed E-state index contributed by atoms with van der Waals surface area (Å²) in [6, 6.07) is 16.7. The molecule has 0 atom stereocenters. The standard InChI is InChI=1S/C18H14ClN5O/c19-11-2-1-3-14(10-11)25-13-6-4-12(5-7-13)22-17-15-8-9-21-16(15)23-18(20)24-17/h1-10H,(H4,20,21,22,23,24). The molecule has 2 aromatic heterocycles. The summed E-state index contributed by atoms with van der Waals surface area (Å²) in [7, 11) is 0. The highest BCUT2D eigenvalue weighted by Gasteiger charge is 2.07. The fourth-order valence-corrected chi connectivity index (χ4v) is 2.64. The van der Waals surface area contributed by atoms with E-state index in [4.69, 9.17) is 22.1 Å². The van der Waals surface area contributed by atoms with Crippen LogP contribution in [0.3, 0.4) is 0 Å². The van der Waals surface area contributed by atoms with Gasteiger partial charge >= 0.3 is 0 Å². The molecule has 0 aliphatic carbocycles. The summed E-state index contributed by atoms with van der Waals surface area (Å²) >= 11 is 5.96. The van der Waals surface area contributed by atoms with Gasteiger partial charge in [0, 0.05) is 16.9 Å². The number of halogens is 1.